The van der Waals surface area contributed by atoms with Crippen molar-refractivity contribution in [2.24, 2.45) is 0 Å². The van der Waals surface area contributed by atoms with Crippen molar-refractivity contribution in [1.29, 1.82) is 0 Å². The highest BCUT2D eigenvalue weighted by atomic mass is 35.5. The van der Waals surface area contributed by atoms with Gasteiger partial charge in [-0.05, 0) is 67.4 Å². The number of carbonyl (C=O) groups is 3. The van der Waals surface area contributed by atoms with Crippen LogP contribution in [0.15, 0.2) is 90.1 Å². The number of aliphatic carboxylic acids is 1. The molecule has 3 N–H and O–H groups in total. The van der Waals surface area contributed by atoms with Gasteiger partial charge >= 0.3 is 12.0 Å². The van der Waals surface area contributed by atoms with Crippen LogP contribution in [0.3, 0.4) is 0 Å². The van der Waals surface area contributed by atoms with E-state index in [4.69, 9.17) is 16.3 Å². The van der Waals surface area contributed by atoms with E-state index in [2.05, 4.69) is 10.6 Å². The summed E-state index contributed by atoms with van der Waals surface area (Å²) >= 11 is 6.14. The largest absolute Gasteiger partial charge is 0.478 e. The minimum atomic E-state index is -1.12. The first kappa shape index (κ1) is 25.8. The Labute approximate surface area is 219 Å². The molecule has 0 aliphatic carbocycles. The molecule has 0 spiro atoms. The molecular formula is C28H26ClN3O5. The number of carboxylic acid groups (broad SMARTS) is 1. The standard InChI is InChI=1S/C28H26ClN3O5/c1-18-24(27(34)35)25(20-7-5-8-21(29)17-20)32(28(36)31-18)16-6-15-30-26(33)19-11-13-23(14-12-19)37-22-9-3-2-4-10-22/h2-5,7-14,17,25H,6,15-16H2,1H3,(H,30,33)(H,31,36)(H,34,35). The van der Waals surface area contributed by atoms with E-state index in [0.717, 1.165) is 0 Å². The zero-order chi connectivity index (χ0) is 26.4. The molecule has 4 rings (SSSR count). The lowest BCUT2D eigenvalue weighted by molar-refractivity contribution is -0.133. The van der Waals surface area contributed by atoms with Crippen LogP contribution in [0.1, 0.15) is 35.3 Å². The first-order chi connectivity index (χ1) is 17.8. The Morgan fingerprint density at radius 2 is 1.73 bits per heavy atom. The van der Waals surface area contributed by atoms with E-state index in [0.29, 0.717) is 34.1 Å². The van der Waals surface area contributed by atoms with Crippen LogP contribution in [-0.2, 0) is 4.79 Å². The first-order valence-corrected chi connectivity index (χ1v) is 12.1. The fraction of sp³-hybridized carbons (Fsp3) is 0.179. The van der Waals surface area contributed by atoms with Gasteiger partial charge in [0.25, 0.3) is 5.91 Å². The van der Waals surface area contributed by atoms with Crippen molar-refractivity contribution in [1.82, 2.24) is 15.5 Å². The van der Waals surface area contributed by atoms with Crippen molar-refractivity contribution in [2.45, 2.75) is 19.4 Å². The molecule has 1 unspecified atom stereocenters. The molecule has 3 amide bonds. The molecule has 0 bridgehead atoms. The molecule has 0 saturated carbocycles. The maximum absolute atomic E-state index is 12.8. The summed E-state index contributed by atoms with van der Waals surface area (Å²) in [4.78, 5) is 38.9. The van der Waals surface area contributed by atoms with E-state index in [1.165, 1.54) is 4.90 Å². The zero-order valence-electron chi connectivity index (χ0n) is 20.1. The van der Waals surface area contributed by atoms with Crippen LogP contribution in [0.25, 0.3) is 0 Å². The number of nitrogens with one attached hydrogen (secondary N) is 2. The van der Waals surface area contributed by atoms with E-state index >= 15 is 0 Å². The summed E-state index contributed by atoms with van der Waals surface area (Å²) in [5, 5.41) is 15.8. The maximum Gasteiger partial charge on any atom is 0.335 e. The molecule has 3 aromatic rings. The minimum absolute atomic E-state index is 0.0729. The highest BCUT2D eigenvalue weighted by Crippen LogP contribution is 2.34. The highest BCUT2D eigenvalue weighted by molar-refractivity contribution is 6.30. The third-order valence-corrected chi connectivity index (χ3v) is 6.13. The smallest absolute Gasteiger partial charge is 0.335 e. The van der Waals surface area contributed by atoms with Crippen LogP contribution in [0.2, 0.25) is 5.02 Å². The molecule has 1 atom stereocenters. The van der Waals surface area contributed by atoms with Gasteiger partial charge in [-0.3, -0.25) is 4.79 Å². The number of urea groups is 1. The summed E-state index contributed by atoms with van der Waals surface area (Å²) < 4.78 is 5.75. The Kier molecular flexibility index (Phi) is 8.10. The first-order valence-electron chi connectivity index (χ1n) is 11.7. The van der Waals surface area contributed by atoms with Gasteiger partial charge in [0, 0.05) is 29.4 Å². The molecule has 3 aromatic carbocycles. The van der Waals surface area contributed by atoms with Crippen LogP contribution < -0.4 is 15.4 Å². The van der Waals surface area contributed by atoms with Crippen molar-refractivity contribution >= 4 is 29.5 Å². The molecule has 1 aliphatic heterocycles. The second-order valence-corrected chi connectivity index (χ2v) is 8.91. The number of amides is 3. The number of allylic oxidation sites excluding steroid dienone is 1. The number of benzene rings is 3. The number of nitrogens with zero attached hydrogens (tertiary/aromatic N) is 1. The van der Waals surface area contributed by atoms with Gasteiger partial charge < -0.3 is 25.4 Å². The number of ether oxygens (including phenoxy) is 1. The summed E-state index contributed by atoms with van der Waals surface area (Å²) in [7, 11) is 0. The van der Waals surface area contributed by atoms with Crippen molar-refractivity contribution in [3.05, 3.63) is 106 Å². The molecule has 0 radical (unpaired) electrons. The molecule has 8 nitrogen and oxygen atoms in total. The van der Waals surface area contributed by atoms with Gasteiger partial charge in [-0.1, -0.05) is 41.9 Å². The summed E-state index contributed by atoms with van der Waals surface area (Å²) in [6.07, 6.45) is 0.414. The Hall–Kier alpha value is -4.30. The van der Waals surface area contributed by atoms with Gasteiger partial charge in [-0.15, -0.1) is 0 Å². The number of rotatable bonds is 9. The normalized spacial score (nSPS) is 15.2. The van der Waals surface area contributed by atoms with E-state index in [-0.39, 0.29) is 30.3 Å². The number of para-hydroxylation sites is 1. The lowest BCUT2D eigenvalue weighted by atomic mass is 9.93. The van der Waals surface area contributed by atoms with Crippen LogP contribution in [0, 0.1) is 0 Å². The quantitative estimate of drug-likeness (QED) is 0.329. The summed E-state index contributed by atoms with van der Waals surface area (Å²) in [6, 6.07) is 21.7. The third kappa shape index (κ3) is 6.29. The van der Waals surface area contributed by atoms with Gasteiger partial charge in [0.1, 0.15) is 11.5 Å². The van der Waals surface area contributed by atoms with Crippen LogP contribution in [0.5, 0.6) is 11.5 Å². The number of hydrogen-bond acceptors (Lipinski definition) is 4. The van der Waals surface area contributed by atoms with Crippen molar-refractivity contribution in [3.63, 3.8) is 0 Å². The number of halogens is 1. The Bertz CT molecular complexity index is 1330. The SMILES string of the molecule is CC1=C(C(=O)O)C(c2cccc(Cl)c2)N(CCCNC(=O)c2ccc(Oc3ccccc3)cc2)C(=O)N1. The van der Waals surface area contributed by atoms with Gasteiger partial charge in [-0.2, -0.15) is 0 Å². The fourth-order valence-corrected chi connectivity index (χ4v) is 4.36. The monoisotopic (exact) mass is 519 g/mol. The predicted octanol–water partition coefficient (Wildman–Crippen LogP) is 5.38. The fourth-order valence-electron chi connectivity index (χ4n) is 4.16. The molecule has 0 fully saturated rings. The van der Waals surface area contributed by atoms with E-state index < -0.39 is 18.0 Å². The summed E-state index contributed by atoms with van der Waals surface area (Å²) in [6.45, 7) is 2.07. The molecule has 9 heteroatoms. The van der Waals surface area contributed by atoms with Crippen molar-refractivity contribution in [3.8, 4) is 11.5 Å². The second-order valence-electron chi connectivity index (χ2n) is 8.47. The maximum atomic E-state index is 12.8. The molecular weight excluding hydrogens is 494 g/mol. The molecule has 1 aliphatic rings. The van der Waals surface area contributed by atoms with Crippen LogP contribution >= 0.6 is 11.6 Å². The van der Waals surface area contributed by atoms with Crippen molar-refractivity contribution in [2.75, 3.05) is 13.1 Å². The predicted molar refractivity (Wildman–Crippen MR) is 140 cm³/mol. The molecule has 190 valence electrons. The van der Waals surface area contributed by atoms with Crippen molar-refractivity contribution < 1.29 is 24.2 Å². The average molecular weight is 520 g/mol. The lowest BCUT2D eigenvalue weighted by Gasteiger charge is -2.37. The van der Waals surface area contributed by atoms with E-state index in [1.54, 1.807) is 55.5 Å². The van der Waals surface area contributed by atoms with Crippen LogP contribution in [-0.4, -0.2) is 41.0 Å². The molecule has 0 saturated heterocycles. The molecule has 0 aromatic heterocycles. The highest BCUT2D eigenvalue weighted by Gasteiger charge is 2.37. The second kappa shape index (κ2) is 11.6. The lowest BCUT2D eigenvalue weighted by Crippen LogP contribution is -2.49. The molecule has 1 heterocycles. The summed E-state index contributed by atoms with van der Waals surface area (Å²) in [5.74, 6) is -0.0692. The Balaban J connectivity index is 1.38. The van der Waals surface area contributed by atoms with Gasteiger partial charge in [0.05, 0.1) is 11.6 Å². The Morgan fingerprint density at radius 1 is 1.03 bits per heavy atom. The number of hydrogen-bond donors (Lipinski definition) is 3. The molecule has 37 heavy (non-hydrogen) atoms. The van der Waals surface area contributed by atoms with Crippen LogP contribution in [0.4, 0.5) is 4.79 Å². The number of carbonyl (C=O) groups excluding carboxylic acids is 2. The van der Waals surface area contributed by atoms with E-state index in [9.17, 15) is 19.5 Å². The minimum Gasteiger partial charge on any atom is -0.478 e. The topological polar surface area (TPSA) is 108 Å². The van der Waals surface area contributed by atoms with Gasteiger partial charge in [0.2, 0.25) is 0 Å². The van der Waals surface area contributed by atoms with Gasteiger partial charge in [0.15, 0.2) is 0 Å². The summed E-state index contributed by atoms with van der Waals surface area (Å²) in [5.41, 5.74) is 1.43. The Morgan fingerprint density at radius 3 is 2.41 bits per heavy atom. The van der Waals surface area contributed by atoms with E-state index in [1.807, 2.05) is 30.3 Å². The number of carboxylic acids is 1. The third-order valence-electron chi connectivity index (χ3n) is 5.90. The van der Waals surface area contributed by atoms with Gasteiger partial charge in [-0.25, -0.2) is 9.59 Å². The average Bonchev–Trinajstić information content (AvgIpc) is 2.88. The zero-order valence-corrected chi connectivity index (χ0v) is 20.9.